The molecule has 6 heteroatoms. The van der Waals surface area contributed by atoms with E-state index in [1.807, 2.05) is 13.8 Å². The Morgan fingerprint density at radius 1 is 1.36 bits per heavy atom. The molecule has 2 N–H and O–H groups in total. The summed E-state index contributed by atoms with van der Waals surface area (Å²) in [7, 11) is 3.31. The van der Waals surface area contributed by atoms with Crippen LogP contribution in [0.4, 0.5) is 8.78 Å². The zero-order chi connectivity index (χ0) is 16.3. The van der Waals surface area contributed by atoms with E-state index in [9.17, 15) is 8.78 Å². The molecule has 4 nitrogen and oxygen atoms in total. The average molecular weight is 311 g/mol. The maximum atomic E-state index is 13.8. The highest BCUT2D eigenvalue weighted by atomic mass is 19.1. The molecule has 2 rings (SSSR count). The van der Waals surface area contributed by atoms with Crippen molar-refractivity contribution in [3.8, 4) is 0 Å². The van der Waals surface area contributed by atoms with Gasteiger partial charge in [-0.05, 0) is 32.4 Å². The third-order valence-corrected chi connectivity index (χ3v) is 3.94. The predicted octanol–water partition coefficient (Wildman–Crippen LogP) is 2.41. The number of rotatable bonds is 5. The van der Waals surface area contributed by atoms with Crippen LogP contribution in [0.5, 0.6) is 0 Å². The van der Waals surface area contributed by atoms with E-state index in [0.717, 1.165) is 0 Å². The molecule has 0 radical (unpaired) electrons. The van der Waals surface area contributed by atoms with Crippen LogP contribution in [0.1, 0.15) is 31.7 Å². The molecule has 0 heterocycles. The lowest BCUT2D eigenvalue weighted by atomic mass is 10.1. The van der Waals surface area contributed by atoms with Crippen molar-refractivity contribution < 1.29 is 13.5 Å². The second-order valence-electron chi connectivity index (χ2n) is 6.12. The molecule has 0 aromatic heterocycles. The van der Waals surface area contributed by atoms with Gasteiger partial charge in [0, 0.05) is 38.2 Å². The Kier molecular flexibility index (Phi) is 5.01. The van der Waals surface area contributed by atoms with Gasteiger partial charge in [0.2, 0.25) is 0 Å². The Labute approximate surface area is 130 Å². The lowest BCUT2D eigenvalue weighted by molar-refractivity contribution is 0.0268. The summed E-state index contributed by atoms with van der Waals surface area (Å²) in [6.07, 6.45) is 0.687. The molecule has 0 saturated heterocycles. The van der Waals surface area contributed by atoms with E-state index >= 15 is 0 Å². The number of guanidine groups is 1. The third kappa shape index (κ3) is 3.94. The van der Waals surface area contributed by atoms with Gasteiger partial charge in [0.1, 0.15) is 11.6 Å². The minimum Gasteiger partial charge on any atom is -0.377 e. The SMILES string of the molecule is CN=C(NCC(C)(C)OC)NC1CC1c1c(F)cccc1F. The Hall–Kier alpha value is -1.69. The summed E-state index contributed by atoms with van der Waals surface area (Å²) in [5.74, 6) is -0.528. The van der Waals surface area contributed by atoms with Gasteiger partial charge in [-0.3, -0.25) is 4.99 Å². The summed E-state index contributed by atoms with van der Waals surface area (Å²) in [5.41, 5.74) is -0.161. The second kappa shape index (κ2) is 6.60. The molecule has 1 aromatic rings. The average Bonchev–Trinajstić information content (AvgIpc) is 3.22. The first-order chi connectivity index (χ1) is 10.4. The van der Waals surface area contributed by atoms with Crippen LogP contribution in [0.25, 0.3) is 0 Å². The summed E-state index contributed by atoms with van der Waals surface area (Å²) < 4.78 is 32.8. The van der Waals surface area contributed by atoms with Crippen LogP contribution in [0.15, 0.2) is 23.2 Å². The van der Waals surface area contributed by atoms with Gasteiger partial charge in [-0.2, -0.15) is 0 Å². The molecule has 0 amide bonds. The Balaban J connectivity index is 1.93. The Morgan fingerprint density at radius 3 is 2.55 bits per heavy atom. The highest BCUT2D eigenvalue weighted by Gasteiger charge is 2.42. The lowest BCUT2D eigenvalue weighted by Gasteiger charge is -2.24. The van der Waals surface area contributed by atoms with Crippen molar-refractivity contribution in [2.75, 3.05) is 20.7 Å². The number of methoxy groups -OCH3 is 1. The van der Waals surface area contributed by atoms with Gasteiger partial charge in [0.05, 0.1) is 5.60 Å². The molecule has 1 aliphatic carbocycles. The number of hydrogen-bond donors (Lipinski definition) is 2. The van der Waals surface area contributed by atoms with Crippen LogP contribution < -0.4 is 10.6 Å². The van der Waals surface area contributed by atoms with Gasteiger partial charge in [-0.25, -0.2) is 8.78 Å². The first kappa shape index (κ1) is 16.7. The monoisotopic (exact) mass is 311 g/mol. The van der Waals surface area contributed by atoms with Crippen LogP contribution in [0.2, 0.25) is 0 Å². The van der Waals surface area contributed by atoms with Crippen LogP contribution in [0.3, 0.4) is 0 Å². The fourth-order valence-corrected chi connectivity index (χ4v) is 2.28. The van der Waals surface area contributed by atoms with E-state index < -0.39 is 11.6 Å². The molecule has 1 saturated carbocycles. The van der Waals surface area contributed by atoms with Gasteiger partial charge in [0.25, 0.3) is 0 Å². The normalized spacial score (nSPS) is 21.6. The van der Waals surface area contributed by atoms with Crippen LogP contribution in [-0.2, 0) is 4.74 Å². The number of ether oxygens (including phenoxy) is 1. The fourth-order valence-electron chi connectivity index (χ4n) is 2.28. The zero-order valence-electron chi connectivity index (χ0n) is 13.4. The number of hydrogen-bond acceptors (Lipinski definition) is 2. The molecule has 1 aromatic carbocycles. The van der Waals surface area contributed by atoms with Crippen LogP contribution in [-0.4, -0.2) is 38.3 Å². The lowest BCUT2D eigenvalue weighted by Crippen LogP contribution is -2.46. The van der Waals surface area contributed by atoms with Crippen LogP contribution >= 0.6 is 0 Å². The summed E-state index contributed by atoms with van der Waals surface area (Å²) in [6.45, 7) is 4.50. The van der Waals surface area contributed by atoms with E-state index in [4.69, 9.17) is 4.74 Å². The summed E-state index contributed by atoms with van der Waals surface area (Å²) in [5, 5.41) is 6.35. The number of nitrogens with zero attached hydrogens (tertiary/aromatic N) is 1. The van der Waals surface area contributed by atoms with Crippen molar-refractivity contribution in [2.24, 2.45) is 4.99 Å². The van der Waals surface area contributed by atoms with E-state index in [2.05, 4.69) is 15.6 Å². The van der Waals surface area contributed by atoms with E-state index in [1.54, 1.807) is 14.2 Å². The standard InChI is InChI=1S/C16H23F2N3O/c1-16(2,22-4)9-20-15(19-3)21-13-8-10(13)14-11(17)6-5-7-12(14)18/h5-7,10,13H,8-9H2,1-4H3,(H2,19,20,21). The third-order valence-electron chi connectivity index (χ3n) is 3.94. The summed E-state index contributed by atoms with van der Waals surface area (Å²) in [4.78, 5) is 4.13. The quantitative estimate of drug-likeness (QED) is 0.648. The number of nitrogens with one attached hydrogen (secondary N) is 2. The molecule has 22 heavy (non-hydrogen) atoms. The van der Waals surface area contributed by atoms with E-state index in [0.29, 0.717) is 18.9 Å². The van der Waals surface area contributed by atoms with Gasteiger partial charge in [-0.15, -0.1) is 0 Å². The first-order valence-electron chi connectivity index (χ1n) is 7.34. The first-order valence-corrected chi connectivity index (χ1v) is 7.34. The maximum Gasteiger partial charge on any atom is 0.191 e. The van der Waals surface area contributed by atoms with Crippen molar-refractivity contribution in [3.63, 3.8) is 0 Å². The molecule has 1 fully saturated rings. The minimum absolute atomic E-state index is 0.0109. The molecule has 0 aliphatic heterocycles. The van der Waals surface area contributed by atoms with Crippen molar-refractivity contribution >= 4 is 5.96 Å². The molecule has 2 atom stereocenters. The molecule has 122 valence electrons. The molecular formula is C16H23F2N3O. The number of benzene rings is 1. The largest absolute Gasteiger partial charge is 0.377 e. The maximum absolute atomic E-state index is 13.8. The topological polar surface area (TPSA) is 45.7 Å². The molecule has 0 spiro atoms. The molecule has 1 aliphatic rings. The zero-order valence-corrected chi connectivity index (χ0v) is 13.4. The van der Waals surface area contributed by atoms with Gasteiger partial charge < -0.3 is 15.4 Å². The van der Waals surface area contributed by atoms with Crippen molar-refractivity contribution in [2.45, 2.75) is 37.8 Å². The van der Waals surface area contributed by atoms with Crippen molar-refractivity contribution in [1.29, 1.82) is 0 Å². The van der Waals surface area contributed by atoms with Gasteiger partial charge in [-0.1, -0.05) is 6.07 Å². The van der Waals surface area contributed by atoms with Crippen LogP contribution in [0, 0.1) is 11.6 Å². The predicted molar refractivity (Wildman–Crippen MR) is 83.1 cm³/mol. The molecule has 0 bridgehead atoms. The summed E-state index contributed by atoms with van der Waals surface area (Å²) >= 11 is 0. The summed E-state index contributed by atoms with van der Waals surface area (Å²) in [6, 6.07) is 3.96. The highest BCUT2D eigenvalue weighted by molar-refractivity contribution is 5.80. The highest BCUT2D eigenvalue weighted by Crippen LogP contribution is 2.42. The van der Waals surface area contributed by atoms with E-state index in [1.165, 1.54) is 18.2 Å². The number of halogens is 2. The van der Waals surface area contributed by atoms with Gasteiger partial charge in [0.15, 0.2) is 5.96 Å². The molecular weight excluding hydrogens is 288 g/mol. The smallest absolute Gasteiger partial charge is 0.191 e. The minimum atomic E-state index is -0.488. The Bertz CT molecular complexity index is 540. The second-order valence-corrected chi connectivity index (χ2v) is 6.12. The van der Waals surface area contributed by atoms with Gasteiger partial charge >= 0.3 is 0 Å². The Morgan fingerprint density at radius 2 is 2.00 bits per heavy atom. The number of aliphatic imine (C=N–C) groups is 1. The molecule has 2 unspecified atom stereocenters. The van der Waals surface area contributed by atoms with Crippen molar-refractivity contribution in [3.05, 3.63) is 35.4 Å². The van der Waals surface area contributed by atoms with Crippen molar-refractivity contribution in [1.82, 2.24) is 10.6 Å². The van der Waals surface area contributed by atoms with E-state index in [-0.39, 0.29) is 23.1 Å². The fraction of sp³-hybridized carbons (Fsp3) is 0.562.